The molecule has 0 aliphatic carbocycles. The number of carbonyl (C=O) groups is 2. The fraction of sp³-hybridized carbons (Fsp3) is 0.278. The van der Waals surface area contributed by atoms with Crippen LogP contribution >= 0.6 is 11.6 Å². The van der Waals surface area contributed by atoms with E-state index in [0.717, 1.165) is 12.0 Å². The van der Waals surface area contributed by atoms with Crippen LogP contribution in [-0.2, 0) is 0 Å². The molecule has 126 valence electrons. The summed E-state index contributed by atoms with van der Waals surface area (Å²) in [5.41, 5.74) is 1.90. The van der Waals surface area contributed by atoms with Crippen molar-refractivity contribution < 1.29 is 9.59 Å². The summed E-state index contributed by atoms with van der Waals surface area (Å²) in [7, 11) is 0. The van der Waals surface area contributed by atoms with Gasteiger partial charge in [0, 0.05) is 16.8 Å². The SMILES string of the molecule is CCC(C)NC(=O)c1cccc(C(=O)Nc2ccc(Cl)cc2C)n1. The van der Waals surface area contributed by atoms with Gasteiger partial charge < -0.3 is 10.6 Å². The molecule has 0 fully saturated rings. The van der Waals surface area contributed by atoms with E-state index in [1.54, 1.807) is 36.4 Å². The molecule has 1 unspecified atom stereocenters. The highest BCUT2D eigenvalue weighted by Gasteiger charge is 2.14. The zero-order chi connectivity index (χ0) is 17.7. The number of aromatic nitrogens is 1. The lowest BCUT2D eigenvalue weighted by Gasteiger charge is -2.12. The second kappa shape index (κ2) is 7.93. The molecule has 0 radical (unpaired) electrons. The number of nitrogens with one attached hydrogen (secondary N) is 2. The third-order valence-electron chi connectivity index (χ3n) is 3.64. The number of benzene rings is 1. The van der Waals surface area contributed by atoms with Gasteiger partial charge >= 0.3 is 0 Å². The lowest BCUT2D eigenvalue weighted by Crippen LogP contribution is -2.32. The molecular weight excluding hydrogens is 326 g/mol. The molecule has 0 saturated heterocycles. The van der Waals surface area contributed by atoms with Gasteiger partial charge in [-0.05, 0) is 56.2 Å². The van der Waals surface area contributed by atoms with E-state index in [2.05, 4.69) is 15.6 Å². The van der Waals surface area contributed by atoms with E-state index in [1.165, 1.54) is 0 Å². The Morgan fingerprint density at radius 1 is 1.17 bits per heavy atom. The predicted octanol–water partition coefficient (Wildman–Crippen LogP) is 3.82. The van der Waals surface area contributed by atoms with E-state index < -0.39 is 0 Å². The number of carbonyl (C=O) groups excluding carboxylic acids is 2. The van der Waals surface area contributed by atoms with Crippen molar-refractivity contribution in [2.75, 3.05) is 5.32 Å². The highest BCUT2D eigenvalue weighted by atomic mass is 35.5. The summed E-state index contributed by atoms with van der Waals surface area (Å²) in [4.78, 5) is 28.6. The van der Waals surface area contributed by atoms with Gasteiger partial charge in [-0.25, -0.2) is 4.98 Å². The summed E-state index contributed by atoms with van der Waals surface area (Å²) in [6.07, 6.45) is 0.821. The van der Waals surface area contributed by atoms with E-state index >= 15 is 0 Å². The van der Waals surface area contributed by atoms with Gasteiger partial charge in [0.05, 0.1) is 0 Å². The first-order valence-corrected chi connectivity index (χ1v) is 8.14. The summed E-state index contributed by atoms with van der Waals surface area (Å²) < 4.78 is 0. The molecule has 2 rings (SSSR count). The van der Waals surface area contributed by atoms with Gasteiger partial charge in [0.25, 0.3) is 11.8 Å². The normalized spacial score (nSPS) is 11.7. The fourth-order valence-electron chi connectivity index (χ4n) is 2.04. The number of pyridine rings is 1. The molecule has 1 aromatic carbocycles. The summed E-state index contributed by atoms with van der Waals surface area (Å²) in [5, 5.41) is 6.21. The highest BCUT2D eigenvalue weighted by Crippen LogP contribution is 2.20. The van der Waals surface area contributed by atoms with Crippen LogP contribution in [0.3, 0.4) is 0 Å². The van der Waals surface area contributed by atoms with Gasteiger partial charge in [0.15, 0.2) is 0 Å². The third kappa shape index (κ3) is 4.55. The second-order valence-corrected chi connectivity index (χ2v) is 6.04. The molecule has 0 aliphatic rings. The van der Waals surface area contributed by atoms with E-state index in [-0.39, 0.29) is 29.2 Å². The van der Waals surface area contributed by atoms with Crippen molar-refractivity contribution in [1.82, 2.24) is 10.3 Å². The maximum atomic E-state index is 12.4. The van der Waals surface area contributed by atoms with Crippen LogP contribution in [0.1, 0.15) is 46.8 Å². The number of halogens is 1. The van der Waals surface area contributed by atoms with E-state index in [4.69, 9.17) is 11.6 Å². The zero-order valence-corrected chi connectivity index (χ0v) is 14.6. The Labute approximate surface area is 146 Å². The Morgan fingerprint density at radius 2 is 1.83 bits per heavy atom. The molecule has 2 amide bonds. The van der Waals surface area contributed by atoms with Crippen LogP contribution in [0.5, 0.6) is 0 Å². The number of aryl methyl sites for hydroxylation is 1. The van der Waals surface area contributed by atoms with Crippen LogP contribution in [0.4, 0.5) is 5.69 Å². The Bertz CT molecular complexity index is 762. The average Bonchev–Trinajstić information content (AvgIpc) is 2.57. The molecular formula is C18H20ClN3O2. The standard InChI is InChI=1S/C18H20ClN3O2/c1-4-12(3)20-17(23)15-6-5-7-16(21-15)18(24)22-14-9-8-13(19)10-11(14)2/h5-10,12H,4H2,1-3H3,(H,20,23)(H,22,24). The van der Waals surface area contributed by atoms with Crippen LogP contribution < -0.4 is 10.6 Å². The molecule has 24 heavy (non-hydrogen) atoms. The molecule has 5 nitrogen and oxygen atoms in total. The van der Waals surface area contributed by atoms with Gasteiger partial charge in [-0.1, -0.05) is 24.6 Å². The molecule has 6 heteroatoms. The number of nitrogens with zero attached hydrogens (tertiary/aromatic N) is 1. The lowest BCUT2D eigenvalue weighted by atomic mass is 10.2. The first kappa shape index (κ1) is 17.9. The lowest BCUT2D eigenvalue weighted by molar-refractivity contribution is 0.0934. The molecule has 0 aliphatic heterocycles. The molecule has 0 saturated carbocycles. The van der Waals surface area contributed by atoms with Crippen molar-refractivity contribution in [2.45, 2.75) is 33.2 Å². The summed E-state index contributed by atoms with van der Waals surface area (Å²) >= 11 is 5.91. The van der Waals surface area contributed by atoms with Crippen molar-refractivity contribution in [3.8, 4) is 0 Å². The van der Waals surface area contributed by atoms with Crippen molar-refractivity contribution >= 4 is 29.1 Å². The smallest absolute Gasteiger partial charge is 0.274 e. The third-order valence-corrected chi connectivity index (χ3v) is 3.88. The molecule has 1 heterocycles. The average molecular weight is 346 g/mol. The maximum absolute atomic E-state index is 12.4. The van der Waals surface area contributed by atoms with E-state index in [1.807, 2.05) is 20.8 Å². The van der Waals surface area contributed by atoms with Gasteiger partial charge in [-0.2, -0.15) is 0 Å². The topological polar surface area (TPSA) is 71.1 Å². The van der Waals surface area contributed by atoms with Crippen molar-refractivity contribution in [3.63, 3.8) is 0 Å². The van der Waals surface area contributed by atoms with Crippen molar-refractivity contribution in [1.29, 1.82) is 0 Å². The second-order valence-electron chi connectivity index (χ2n) is 5.60. The molecule has 1 aromatic heterocycles. The van der Waals surface area contributed by atoms with Crippen molar-refractivity contribution in [2.24, 2.45) is 0 Å². The number of anilines is 1. The minimum Gasteiger partial charge on any atom is -0.348 e. The summed E-state index contributed by atoms with van der Waals surface area (Å²) in [6.45, 7) is 5.75. The fourth-order valence-corrected chi connectivity index (χ4v) is 2.27. The molecule has 1 atom stereocenters. The quantitative estimate of drug-likeness (QED) is 0.865. The monoisotopic (exact) mass is 345 g/mol. The maximum Gasteiger partial charge on any atom is 0.274 e. The first-order chi connectivity index (χ1) is 11.4. The first-order valence-electron chi connectivity index (χ1n) is 7.76. The Kier molecular flexibility index (Phi) is 5.93. The van der Waals surface area contributed by atoms with E-state index in [0.29, 0.717) is 10.7 Å². The van der Waals surface area contributed by atoms with Gasteiger partial charge in [0.1, 0.15) is 11.4 Å². The number of rotatable bonds is 5. The van der Waals surface area contributed by atoms with Crippen LogP contribution in [-0.4, -0.2) is 22.8 Å². The zero-order valence-electron chi connectivity index (χ0n) is 13.9. The van der Waals surface area contributed by atoms with Crippen LogP contribution in [0, 0.1) is 6.92 Å². The number of amides is 2. The molecule has 0 bridgehead atoms. The predicted molar refractivity (Wildman–Crippen MR) is 95.6 cm³/mol. The minimum atomic E-state index is -0.376. The molecule has 0 spiro atoms. The van der Waals surface area contributed by atoms with E-state index in [9.17, 15) is 9.59 Å². The summed E-state index contributed by atoms with van der Waals surface area (Å²) in [6, 6.07) is 10.0. The number of hydrogen-bond donors (Lipinski definition) is 2. The highest BCUT2D eigenvalue weighted by molar-refractivity contribution is 6.30. The molecule has 2 aromatic rings. The van der Waals surface area contributed by atoms with Crippen LogP contribution in [0.2, 0.25) is 5.02 Å². The Morgan fingerprint density at radius 3 is 2.46 bits per heavy atom. The largest absolute Gasteiger partial charge is 0.348 e. The van der Waals surface area contributed by atoms with Gasteiger partial charge in [-0.15, -0.1) is 0 Å². The summed E-state index contributed by atoms with van der Waals surface area (Å²) in [5.74, 6) is -0.666. The number of hydrogen-bond acceptors (Lipinski definition) is 3. The van der Waals surface area contributed by atoms with Gasteiger partial charge in [-0.3, -0.25) is 9.59 Å². The molecule has 2 N–H and O–H groups in total. The van der Waals surface area contributed by atoms with Crippen LogP contribution in [0.15, 0.2) is 36.4 Å². The van der Waals surface area contributed by atoms with Crippen LogP contribution in [0.25, 0.3) is 0 Å². The van der Waals surface area contributed by atoms with Crippen molar-refractivity contribution in [3.05, 3.63) is 58.4 Å². The minimum absolute atomic E-state index is 0.0495. The van der Waals surface area contributed by atoms with Gasteiger partial charge in [0.2, 0.25) is 0 Å². The Balaban J connectivity index is 2.15. The Hall–Kier alpha value is -2.40.